The first-order valence-corrected chi connectivity index (χ1v) is 8.65. The number of carbonyl (C=O) groups is 2. The van der Waals surface area contributed by atoms with E-state index in [0.717, 1.165) is 0 Å². The standard InChI is InChI=1S/C12H15NO5S2/c1-9(14)13-11(12(15)18-2)8-19-20(16,17)10-6-4-3-5-7-10/h3-7,11H,8H2,1-2H3,(H,13,14)/t11-/m1/s1. The van der Waals surface area contributed by atoms with Crippen LogP contribution in [-0.4, -0.2) is 39.2 Å². The fraction of sp³-hybridized carbons (Fsp3) is 0.333. The van der Waals surface area contributed by atoms with E-state index >= 15 is 0 Å². The van der Waals surface area contributed by atoms with E-state index in [1.165, 1.54) is 26.2 Å². The predicted octanol–water partition coefficient (Wildman–Crippen LogP) is 0.786. The van der Waals surface area contributed by atoms with Gasteiger partial charge in [0, 0.05) is 12.7 Å². The summed E-state index contributed by atoms with van der Waals surface area (Å²) in [6, 6.07) is 6.86. The summed E-state index contributed by atoms with van der Waals surface area (Å²) in [6.07, 6.45) is 0. The van der Waals surface area contributed by atoms with Crippen molar-refractivity contribution in [1.29, 1.82) is 0 Å². The molecule has 1 amide bonds. The topological polar surface area (TPSA) is 89.5 Å². The summed E-state index contributed by atoms with van der Waals surface area (Å²) in [5.74, 6) is -1.24. The van der Waals surface area contributed by atoms with Crippen LogP contribution in [0.25, 0.3) is 0 Å². The molecule has 1 aromatic rings. The molecular formula is C12H15NO5S2. The van der Waals surface area contributed by atoms with Crippen molar-refractivity contribution >= 4 is 31.5 Å². The van der Waals surface area contributed by atoms with Gasteiger partial charge in [0.2, 0.25) is 14.8 Å². The van der Waals surface area contributed by atoms with Gasteiger partial charge < -0.3 is 10.1 Å². The number of carbonyl (C=O) groups excluding carboxylic acids is 2. The molecule has 1 aromatic carbocycles. The Kier molecular flexibility index (Phi) is 6.03. The molecule has 1 rings (SSSR count). The minimum absolute atomic E-state index is 0.122. The van der Waals surface area contributed by atoms with Crippen LogP contribution in [0.1, 0.15) is 6.92 Å². The number of esters is 1. The molecule has 0 radical (unpaired) electrons. The van der Waals surface area contributed by atoms with Crippen molar-refractivity contribution < 1.29 is 22.7 Å². The lowest BCUT2D eigenvalue weighted by atomic mass is 10.3. The molecule has 0 aromatic heterocycles. The van der Waals surface area contributed by atoms with Gasteiger partial charge in [-0.05, 0) is 22.9 Å². The van der Waals surface area contributed by atoms with Gasteiger partial charge in [-0.1, -0.05) is 18.2 Å². The zero-order chi connectivity index (χ0) is 15.2. The van der Waals surface area contributed by atoms with Gasteiger partial charge in [0.1, 0.15) is 6.04 Å². The van der Waals surface area contributed by atoms with Crippen molar-refractivity contribution in [3.8, 4) is 0 Å². The minimum atomic E-state index is -3.58. The Morgan fingerprint density at radius 3 is 2.40 bits per heavy atom. The highest BCUT2D eigenvalue weighted by atomic mass is 33.1. The molecule has 110 valence electrons. The number of benzene rings is 1. The van der Waals surface area contributed by atoms with Gasteiger partial charge in [0.15, 0.2) is 0 Å². The molecule has 6 nitrogen and oxygen atoms in total. The SMILES string of the molecule is COC(=O)[C@@H](CSS(=O)(=O)c1ccccc1)NC(C)=O. The fourth-order valence-electron chi connectivity index (χ4n) is 1.37. The third-order valence-corrected chi connectivity index (χ3v) is 5.83. The maximum absolute atomic E-state index is 12.0. The van der Waals surface area contributed by atoms with Crippen LogP contribution in [0.3, 0.4) is 0 Å². The molecule has 0 fully saturated rings. The van der Waals surface area contributed by atoms with Crippen LogP contribution < -0.4 is 5.32 Å². The zero-order valence-corrected chi connectivity index (χ0v) is 12.7. The van der Waals surface area contributed by atoms with Gasteiger partial charge in [0.05, 0.1) is 12.0 Å². The number of nitrogens with one attached hydrogen (secondary N) is 1. The molecule has 0 heterocycles. The Bertz CT molecular complexity index is 571. The van der Waals surface area contributed by atoms with Crippen LogP contribution in [0.4, 0.5) is 0 Å². The van der Waals surface area contributed by atoms with Crippen LogP contribution in [0.2, 0.25) is 0 Å². The Morgan fingerprint density at radius 1 is 1.30 bits per heavy atom. The van der Waals surface area contributed by atoms with Crippen molar-refractivity contribution in [1.82, 2.24) is 5.32 Å². The highest BCUT2D eigenvalue weighted by molar-refractivity contribution is 8.72. The molecule has 0 saturated carbocycles. The molecule has 0 aliphatic heterocycles. The first kappa shape index (κ1) is 16.5. The maximum atomic E-state index is 12.0. The average molecular weight is 317 g/mol. The number of rotatable bonds is 6. The smallest absolute Gasteiger partial charge is 0.329 e. The van der Waals surface area contributed by atoms with Gasteiger partial charge in [0.25, 0.3) is 0 Å². The molecule has 20 heavy (non-hydrogen) atoms. The first-order chi connectivity index (χ1) is 9.36. The summed E-state index contributed by atoms with van der Waals surface area (Å²) >= 11 is 0. The van der Waals surface area contributed by atoms with E-state index in [0.29, 0.717) is 10.8 Å². The van der Waals surface area contributed by atoms with E-state index in [2.05, 4.69) is 10.1 Å². The molecule has 1 N–H and O–H groups in total. The number of amides is 1. The Morgan fingerprint density at radius 2 is 1.90 bits per heavy atom. The lowest BCUT2D eigenvalue weighted by Gasteiger charge is -2.14. The van der Waals surface area contributed by atoms with Crippen LogP contribution in [0.5, 0.6) is 0 Å². The molecule has 0 bridgehead atoms. The third-order valence-electron chi connectivity index (χ3n) is 2.28. The second kappa shape index (κ2) is 7.30. The monoisotopic (exact) mass is 317 g/mol. The summed E-state index contributed by atoms with van der Waals surface area (Å²) in [5.41, 5.74) is 0. The second-order valence-electron chi connectivity index (χ2n) is 3.83. The maximum Gasteiger partial charge on any atom is 0.329 e. The number of ether oxygens (including phenoxy) is 1. The summed E-state index contributed by atoms with van der Waals surface area (Å²) in [6.45, 7) is 1.24. The molecule has 0 unspecified atom stereocenters. The number of methoxy groups -OCH3 is 1. The van der Waals surface area contributed by atoms with Gasteiger partial charge >= 0.3 is 5.97 Å². The van der Waals surface area contributed by atoms with Crippen molar-refractivity contribution in [2.24, 2.45) is 0 Å². The van der Waals surface area contributed by atoms with Gasteiger partial charge in [-0.3, -0.25) is 4.79 Å². The van der Waals surface area contributed by atoms with E-state index in [-0.39, 0.29) is 10.6 Å². The quantitative estimate of drug-likeness (QED) is 0.616. The molecule has 0 spiro atoms. The zero-order valence-electron chi connectivity index (χ0n) is 11.0. The fourth-order valence-corrected chi connectivity index (χ4v) is 4.22. The molecular weight excluding hydrogens is 302 g/mol. The van der Waals surface area contributed by atoms with Crippen molar-refractivity contribution in [2.75, 3.05) is 12.9 Å². The lowest BCUT2D eigenvalue weighted by Crippen LogP contribution is -2.42. The van der Waals surface area contributed by atoms with E-state index < -0.39 is 26.8 Å². The van der Waals surface area contributed by atoms with Crippen LogP contribution in [0, 0.1) is 0 Å². The largest absolute Gasteiger partial charge is 0.467 e. The average Bonchev–Trinajstić information content (AvgIpc) is 2.43. The Hall–Kier alpha value is -1.54. The summed E-state index contributed by atoms with van der Waals surface area (Å²) in [5, 5.41) is 2.36. The first-order valence-electron chi connectivity index (χ1n) is 5.66. The highest BCUT2D eigenvalue weighted by Crippen LogP contribution is 2.23. The second-order valence-corrected chi connectivity index (χ2v) is 7.80. The van der Waals surface area contributed by atoms with Crippen molar-refractivity contribution in [3.63, 3.8) is 0 Å². The Labute approximate surface area is 121 Å². The molecule has 0 aliphatic rings. The van der Waals surface area contributed by atoms with Crippen molar-refractivity contribution in [3.05, 3.63) is 30.3 Å². The van der Waals surface area contributed by atoms with E-state index in [1.807, 2.05) is 0 Å². The van der Waals surface area contributed by atoms with Crippen LogP contribution in [0.15, 0.2) is 35.2 Å². The van der Waals surface area contributed by atoms with Gasteiger partial charge in [-0.15, -0.1) is 0 Å². The number of hydrogen-bond acceptors (Lipinski definition) is 6. The third kappa shape index (κ3) is 4.86. The highest BCUT2D eigenvalue weighted by Gasteiger charge is 2.24. The molecule has 0 saturated heterocycles. The summed E-state index contributed by atoms with van der Waals surface area (Å²) in [7, 11) is -1.82. The normalized spacial score (nSPS) is 12.5. The van der Waals surface area contributed by atoms with Crippen molar-refractivity contribution in [2.45, 2.75) is 17.9 Å². The van der Waals surface area contributed by atoms with Crippen LogP contribution in [-0.2, 0) is 23.2 Å². The summed E-state index contributed by atoms with van der Waals surface area (Å²) in [4.78, 5) is 22.6. The number of hydrogen-bond donors (Lipinski definition) is 1. The van der Waals surface area contributed by atoms with Gasteiger partial charge in [-0.25, -0.2) is 13.2 Å². The van der Waals surface area contributed by atoms with E-state index in [9.17, 15) is 18.0 Å². The minimum Gasteiger partial charge on any atom is -0.467 e. The van der Waals surface area contributed by atoms with E-state index in [4.69, 9.17) is 0 Å². The van der Waals surface area contributed by atoms with Crippen LogP contribution >= 0.6 is 10.8 Å². The van der Waals surface area contributed by atoms with E-state index in [1.54, 1.807) is 18.2 Å². The summed E-state index contributed by atoms with van der Waals surface area (Å²) < 4.78 is 28.6. The lowest BCUT2D eigenvalue weighted by molar-refractivity contribution is -0.144. The Balaban J connectivity index is 2.76. The molecule has 8 heteroatoms. The van der Waals surface area contributed by atoms with Gasteiger partial charge in [-0.2, -0.15) is 0 Å². The predicted molar refractivity (Wildman–Crippen MR) is 75.7 cm³/mol. The molecule has 1 atom stereocenters. The molecule has 0 aliphatic carbocycles.